The number of hydrogen-bond donors (Lipinski definition) is 1. The number of hydrogen-bond acceptors (Lipinski definition) is 4. The predicted molar refractivity (Wildman–Crippen MR) is 113 cm³/mol. The van der Waals surface area contributed by atoms with E-state index in [1.165, 1.54) is 12.3 Å². The van der Waals surface area contributed by atoms with Crippen LogP contribution in [0.15, 0.2) is 62.7 Å². The fourth-order valence-corrected chi connectivity index (χ4v) is 4.39. The molecular weight excluding hydrogens is 382 g/mol. The van der Waals surface area contributed by atoms with Crippen LogP contribution in [0.1, 0.15) is 42.7 Å². The summed E-state index contributed by atoms with van der Waals surface area (Å²) in [4.78, 5) is 24.1. The molecule has 0 spiro atoms. The second-order valence-electron chi connectivity index (χ2n) is 8.84. The van der Waals surface area contributed by atoms with Gasteiger partial charge in [-0.05, 0) is 17.9 Å². The van der Waals surface area contributed by atoms with Crippen molar-refractivity contribution in [1.82, 2.24) is 4.57 Å². The highest BCUT2D eigenvalue weighted by Gasteiger charge is 2.36. The zero-order valence-corrected chi connectivity index (χ0v) is 16.9. The van der Waals surface area contributed by atoms with Gasteiger partial charge in [0.15, 0.2) is 11.2 Å². The first-order valence-electron chi connectivity index (χ1n) is 9.82. The van der Waals surface area contributed by atoms with Crippen LogP contribution < -0.4 is 5.43 Å². The van der Waals surface area contributed by atoms with Gasteiger partial charge in [0.1, 0.15) is 11.1 Å². The van der Waals surface area contributed by atoms with Crippen LogP contribution >= 0.6 is 0 Å². The van der Waals surface area contributed by atoms with Crippen molar-refractivity contribution >= 4 is 16.9 Å². The Hall–Kier alpha value is -3.54. The Morgan fingerprint density at radius 3 is 2.70 bits per heavy atom. The molecule has 1 aliphatic rings. The Labute approximate surface area is 172 Å². The molecule has 1 aliphatic heterocycles. The monoisotopic (exact) mass is 403 g/mol. The first-order valence-corrected chi connectivity index (χ1v) is 9.82. The third-order valence-electron chi connectivity index (χ3n) is 5.93. The van der Waals surface area contributed by atoms with Crippen LogP contribution in [-0.4, -0.2) is 15.6 Å². The molecule has 1 N–H and O–H groups in total. The minimum absolute atomic E-state index is 0.0305. The molecule has 152 valence electrons. The zero-order chi connectivity index (χ0) is 21.2. The number of furan rings is 2. The number of para-hydroxylation sites is 1. The number of benzene rings is 1. The van der Waals surface area contributed by atoms with Gasteiger partial charge in [-0.2, -0.15) is 0 Å². The van der Waals surface area contributed by atoms with Crippen molar-refractivity contribution in [1.29, 1.82) is 0 Å². The Morgan fingerprint density at radius 1 is 1.23 bits per heavy atom. The molecular formula is C24H21NO5. The Morgan fingerprint density at radius 2 is 2.03 bits per heavy atom. The SMILES string of the molecule is CC(C)(C)C1Cc2c(oc3c(-c4ccoc4)cccc23)-c2cc(=O)c(C(=O)O)cn21. The Bertz CT molecular complexity index is 1350. The number of aromatic nitrogens is 1. The maximum atomic E-state index is 12.5. The summed E-state index contributed by atoms with van der Waals surface area (Å²) in [5.41, 5.74) is 3.30. The lowest BCUT2D eigenvalue weighted by atomic mass is 9.79. The maximum Gasteiger partial charge on any atom is 0.341 e. The standard InChI is InChI=1S/C24H21NO5/c1-24(2,3)20-9-16-15-6-4-5-14(13-7-8-29-12-13)21(15)30-22(16)18-10-19(26)17(23(27)28)11-25(18)20/h4-8,10-12,20H,9H2,1-3H3,(H,27,28). The van der Waals surface area contributed by atoms with Gasteiger partial charge < -0.3 is 18.5 Å². The summed E-state index contributed by atoms with van der Waals surface area (Å²) in [7, 11) is 0. The van der Waals surface area contributed by atoms with Gasteiger partial charge in [-0.15, -0.1) is 0 Å². The van der Waals surface area contributed by atoms with Gasteiger partial charge in [-0.3, -0.25) is 4.79 Å². The molecule has 0 saturated heterocycles. The minimum atomic E-state index is -1.22. The molecule has 0 amide bonds. The number of fused-ring (bicyclic) bond motifs is 5. The number of rotatable bonds is 2. The quantitative estimate of drug-likeness (QED) is 0.487. The van der Waals surface area contributed by atoms with Crippen molar-refractivity contribution in [2.45, 2.75) is 33.2 Å². The van der Waals surface area contributed by atoms with Gasteiger partial charge in [-0.1, -0.05) is 39.0 Å². The first kappa shape index (κ1) is 18.5. The van der Waals surface area contributed by atoms with Crippen LogP contribution in [0, 0.1) is 5.41 Å². The van der Waals surface area contributed by atoms with Gasteiger partial charge in [-0.25, -0.2) is 4.79 Å². The molecule has 6 nitrogen and oxygen atoms in total. The highest BCUT2D eigenvalue weighted by atomic mass is 16.4. The van der Waals surface area contributed by atoms with Crippen LogP contribution in [0.25, 0.3) is 33.6 Å². The fraction of sp³-hybridized carbons (Fsp3) is 0.250. The molecule has 0 saturated carbocycles. The summed E-state index contributed by atoms with van der Waals surface area (Å²) in [6.07, 6.45) is 5.43. The molecule has 1 atom stereocenters. The average Bonchev–Trinajstić information content (AvgIpc) is 3.33. The van der Waals surface area contributed by atoms with Crippen LogP contribution in [-0.2, 0) is 6.42 Å². The van der Waals surface area contributed by atoms with Crippen LogP contribution in [0.4, 0.5) is 0 Å². The van der Waals surface area contributed by atoms with E-state index in [4.69, 9.17) is 8.83 Å². The third kappa shape index (κ3) is 2.64. The molecule has 5 rings (SSSR count). The van der Waals surface area contributed by atoms with Gasteiger partial charge in [0.25, 0.3) is 0 Å². The number of carbonyl (C=O) groups is 1. The maximum absolute atomic E-state index is 12.5. The first-order chi connectivity index (χ1) is 14.3. The molecule has 30 heavy (non-hydrogen) atoms. The van der Waals surface area contributed by atoms with E-state index >= 15 is 0 Å². The summed E-state index contributed by atoms with van der Waals surface area (Å²) in [6.45, 7) is 6.35. The molecule has 4 heterocycles. The van der Waals surface area contributed by atoms with E-state index in [0.717, 1.165) is 27.7 Å². The smallest absolute Gasteiger partial charge is 0.341 e. The van der Waals surface area contributed by atoms with Crippen molar-refractivity contribution in [3.63, 3.8) is 0 Å². The van der Waals surface area contributed by atoms with Crippen LogP contribution in [0.5, 0.6) is 0 Å². The van der Waals surface area contributed by atoms with Crippen molar-refractivity contribution < 1.29 is 18.7 Å². The lowest BCUT2D eigenvalue weighted by Gasteiger charge is -2.37. The second kappa shape index (κ2) is 6.23. The van der Waals surface area contributed by atoms with Crippen molar-refractivity contribution in [3.8, 4) is 22.6 Å². The summed E-state index contributed by atoms with van der Waals surface area (Å²) < 4.78 is 13.5. The molecule has 1 unspecified atom stereocenters. The van der Waals surface area contributed by atoms with E-state index in [1.807, 2.05) is 28.8 Å². The van der Waals surface area contributed by atoms with E-state index in [9.17, 15) is 14.7 Å². The molecule has 0 bridgehead atoms. The Balaban J connectivity index is 1.84. The van der Waals surface area contributed by atoms with E-state index in [0.29, 0.717) is 17.9 Å². The second-order valence-corrected chi connectivity index (χ2v) is 8.84. The minimum Gasteiger partial charge on any atom is -0.477 e. The van der Waals surface area contributed by atoms with Crippen LogP contribution in [0.3, 0.4) is 0 Å². The van der Waals surface area contributed by atoms with Crippen molar-refractivity contribution in [2.75, 3.05) is 0 Å². The number of nitrogens with zero attached hydrogens (tertiary/aromatic N) is 1. The van der Waals surface area contributed by atoms with Crippen LogP contribution in [0.2, 0.25) is 0 Å². The third-order valence-corrected chi connectivity index (χ3v) is 5.93. The van der Waals surface area contributed by atoms with Gasteiger partial charge in [0, 0.05) is 40.4 Å². The van der Waals surface area contributed by atoms with E-state index in [1.54, 1.807) is 12.5 Å². The number of pyridine rings is 1. The van der Waals surface area contributed by atoms with Gasteiger partial charge >= 0.3 is 5.97 Å². The molecule has 1 aromatic carbocycles. The average molecular weight is 403 g/mol. The van der Waals surface area contributed by atoms with E-state index in [-0.39, 0.29) is 17.0 Å². The molecule has 3 aromatic heterocycles. The van der Waals surface area contributed by atoms with E-state index in [2.05, 4.69) is 20.8 Å². The predicted octanol–water partition coefficient (Wildman–Crippen LogP) is 5.36. The number of aromatic carboxylic acids is 1. The molecule has 0 radical (unpaired) electrons. The van der Waals surface area contributed by atoms with Gasteiger partial charge in [0.05, 0.1) is 18.2 Å². The molecule has 0 fully saturated rings. The molecule has 0 aliphatic carbocycles. The van der Waals surface area contributed by atoms with E-state index < -0.39 is 11.4 Å². The largest absolute Gasteiger partial charge is 0.477 e. The summed E-state index contributed by atoms with van der Waals surface area (Å²) in [5.74, 6) is -0.601. The fourth-order valence-electron chi connectivity index (χ4n) is 4.39. The lowest BCUT2D eigenvalue weighted by Crippen LogP contribution is -2.32. The number of carboxylic acid groups (broad SMARTS) is 1. The lowest BCUT2D eigenvalue weighted by molar-refractivity contribution is 0.0693. The van der Waals surface area contributed by atoms with Gasteiger partial charge in [0.2, 0.25) is 0 Å². The topological polar surface area (TPSA) is 85.6 Å². The summed E-state index contributed by atoms with van der Waals surface area (Å²) >= 11 is 0. The summed E-state index contributed by atoms with van der Waals surface area (Å²) in [5, 5.41) is 10.5. The Kier molecular flexibility index (Phi) is 3.84. The summed E-state index contributed by atoms with van der Waals surface area (Å²) in [6, 6.07) is 9.23. The van der Waals surface area contributed by atoms with Crippen molar-refractivity contribution in [3.05, 3.63) is 70.4 Å². The highest BCUT2D eigenvalue weighted by Crippen LogP contribution is 2.47. The normalized spacial score (nSPS) is 15.8. The zero-order valence-electron chi connectivity index (χ0n) is 16.9. The highest BCUT2D eigenvalue weighted by molar-refractivity contribution is 5.98. The number of carboxylic acids is 1. The molecule has 6 heteroatoms. The van der Waals surface area contributed by atoms with Crippen molar-refractivity contribution in [2.24, 2.45) is 5.41 Å². The molecule has 4 aromatic rings.